The lowest BCUT2D eigenvalue weighted by Crippen LogP contribution is -2.35. The number of rotatable bonds is 1. The van der Waals surface area contributed by atoms with E-state index in [-0.39, 0.29) is 12.2 Å². The van der Waals surface area contributed by atoms with Crippen LogP contribution in [0.1, 0.15) is 12.0 Å². The first-order valence-corrected chi connectivity index (χ1v) is 5.14. The van der Waals surface area contributed by atoms with E-state index in [1.807, 2.05) is 0 Å². The van der Waals surface area contributed by atoms with Crippen LogP contribution in [0.15, 0.2) is 24.3 Å². The SMILES string of the molecule is NC1CCN(c2ccccc2C(F)(F)F)C1=O. The van der Waals surface area contributed by atoms with Crippen LogP contribution in [-0.4, -0.2) is 18.5 Å². The van der Waals surface area contributed by atoms with Crippen molar-refractivity contribution in [3.05, 3.63) is 29.8 Å². The van der Waals surface area contributed by atoms with Crippen LogP contribution in [0.2, 0.25) is 0 Å². The van der Waals surface area contributed by atoms with Gasteiger partial charge in [0.25, 0.3) is 0 Å². The molecule has 17 heavy (non-hydrogen) atoms. The van der Waals surface area contributed by atoms with Gasteiger partial charge >= 0.3 is 6.18 Å². The number of nitrogens with two attached hydrogens (primary N) is 1. The van der Waals surface area contributed by atoms with E-state index in [1.165, 1.54) is 18.2 Å². The van der Waals surface area contributed by atoms with Crippen LogP contribution >= 0.6 is 0 Å². The molecule has 3 nitrogen and oxygen atoms in total. The molecule has 2 rings (SSSR count). The van der Waals surface area contributed by atoms with E-state index < -0.39 is 23.7 Å². The summed E-state index contributed by atoms with van der Waals surface area (Å²) in [6.07, 6.45) is -4.09. The van der Waals surface area contributed by atoms with Crippen molar-refractivity contribution in [2.75, 3.05) is 11.4 Å². The Morgan fingerprint density at radius 2 is 1.94 bits per heavy atom. The van der Waals surface area contributed by atoms with Gasteiger partial charge < -0.3 is 10.6 Å². The van der Waals surface area contributed by atoms with Crippen molar-refractivity contribution >= 4 is 11.6 Å². The molecule has 1 aromatic rings. The van der Waals surface area contributed by atoms with Crippen LogP contribution in [0.3, 0.4) is 0 Å². The fraction of sp³-hybridized carbons (Fsp3) is 0.364. The zero-order valence-electron chi connectivity index (χ0n) is 8.87. The van der Waals surface area contributed by atoms with Crippen LogP contribution < -0.4 is 10.6 Å². The van der Waals surface area contributed by atoms with Gasteiger partial charge in [-0.1, -0.05) is 12.1 Å². The molecule has 6 heteroatoms. The molecule has 1 atom stereocenters. The molecule has 1 aromatic carbocycles. The van der Waals surface area contributed by atoms with Crippen LogP contribution in [-0.2, 0) is 11.0 Å². The summed E-state index contributed by atoms with van der Waals surface area (Å²) in [7, 11) is 0. The summed E-state index contributed by atoms with van der Waals surface area (Å²) in [5.74, 6) is -0.457. The Kier molecular flexibility index (Phi) is 2.82. The Bertz CT molecular complexity index is 445. The molecule has 0 radical (unpaired) electrons. The molecule has 0 aromatic heterocycles. The number of nitrogens with zero attached hydrogens (tertiary/aromatic N) is 1. The highest BCUT2D eigenvalue weighted by molar-refractivity contribution is 5.99. The summed E-state index contributed by atoms with van der Waals surface area (Å²) in [5.41, 5.74) is 4.58. The van der Waals surface area contributed by atoms with Crippen molar-refractivity contribution in [2.45, 2.75) is 18.6 Å². The Morgan fingerprint density at radius 3 is 2.47 bits per heavy atom. The molecule has 0 spiro atoms. The van der Waals surface area contributed by atoms with Crippen molar-refractivity contribution < 1.29 is 18.0 Å². The monoisotopic (exact) mass is 244 g/mol. The zero-order valence-corrected chi connectivity index (χ0v) is 8.87. The number of hydrogen-bond donors (Lipinski definition) is 1. The van der Waals surface area contributed by atoms with Gasteiger partial charge in [0.15, 0.2) is 0 Å². The highest BCUT2D eigenvalue weighted by Gasteiger charge is 2.38. The van der Waals surface area contributed by atoms with Gasteiger partial charge in [-0.3, -0.25) is 4.79 Å². The van der Waals surface area contributed by atoms with Gasteiger partial charge in [0, 0.05) is 6.54 Å². The Morgan fingerprint density at radius 1 is 1.29 bits per heavy atom. The minimum absolute atomic E-state index is 0.113. The molecule has 1 unspecified atom stereocenters. The lowest BCUT2D eigenvalue weighted by molar-refractivity contribution is -0.137. The molecule has 2 N–H and O–H groups in total. The van der Waals surface area contributed by atoms with Crippen LogP contribution in [0.4, 0.5) is 18.9 Å². The van der Waals surface area contributed by atoms with E-state index in [0.29, 0.717) is 6.42 Å². The van der Waals surface area contributed by atoms with E-state index in [9.17, 15) is 18.0 Å². The average molecular weight is 244 g/mol. The number of benzene rings is 1. The average Bonchev–Trinajstić information content (AvgIpc) is 2.59. The number of halogens is 3. The van der Waals surface area contributed by atoms with E-state index in [1.54, 1.807) is 0 Å². The number of alkyl halides is 3. The standard InChI is InChI=1S/C11H11F3N2O/c12-11(13,14)7-3-1-2-4-9(7)16-6-5-8(15)10(16)17/h1-4,8H,5-6,15H2. The molecule has 92 valence electrons. The Balaban J connectivity index is 2.43. The molecule has 1 fully saturated rings. The first-order valence-electron chi connectivity index (χ1n) is 5.14. The maximum atomic E-state index is 12.8. The highest BCUT2D eigenvalue weighted by Crippen LogP contribution is 2.37. The molecule has 0 bridgehead atoms. The summed E-state index contributed by atoms with van der Waals surface area (Å²) in [6, 6.07) is 4.33. The van der Waals surface area contributed by atoms with E-state index in [0.717, 1.165) is 11.0 Å². The molecular weight excluding hydrogens is 233 g/mol. The van der Waals surface area contributed by atoms with Gasteiger partial charge in [-0.05, 0) is 18.6 Å². The molecule has 1 saturated heterocycles. The quantitative estimate of drug-likeness (QED) is 0.818. The smallest absolute Gasteiger partial charge is 0.320 e. The van der Waals surface area contributed by atoms with E-state index in [4.69, 9.17) is 5.73 Å². The topological polar surface area (TPSA) is 46.3 Å². The third-order valence-electron chi connectivity index (χ3n) is 2.75. The summed E-state index contributed by atoms with van der Waals surface area (Å²) in [6.45, 7) is 0.229. The predicted molar refractivity (Wildman–Crippen MR) is 56.4 cm³/mol. The first kappa shape index (κ1) is 11.9. The molecule has 1 aliphatic heterocycles. The summed E-state index contributed by atoms with van der Waals surface area (Å²) in [5, 5.41) is 0. The molecular formula is C11H11F3N2O. The maximum Gasteiger partial charge on any atom is 0.418 e. The molecule has 1 amide bonds. The van der Waals surface area contributed by atoms with Crippen LogP contribution in [0.25, 0.3) is 0 Å². The second-order valence-corrected chi connectivity index (χ2v) is 3.90. The predicted octanol–water partition coefficient (Wildman–Crippen LogP) is 1.77. The zero-order chi connectivity index (χ0) is 12.6. The van der Waals surface area contributed by atoms with Gasteiger partial charge in [0.05, 0.1) is 17.3 Å². The minimum atomic E-state index is -4.47. The fourth-order valence-electron chi connectivity index (χ4n) is 1.89. The number of anilines is 1. The van der Waals surface area contributed by atoms with Crippen molar-refractivity contribution in [1.82, 2.24) is 0 Å². The van der Waals surface area contributed by atoms with Gasteiger partial charge in [-0.15, -0.1) is 0 Å². The van der Waals surface area contributed by atoms with Crippen molar-refractivity contribution in [1.29, 1.82) is 0 Å². The van der Waals surface area contributed by atoms with Gasteiger partial charge in [-0.25, -0.2) is 0 Å². The Labute approximate surface area is 96.0 Å². The molecule has 1 heterocycles. The normalized spacial score (nSPS) is 21.1. The lowest BCUT2D eigenvalue weighted by Gasteiger charge is -2.21. The van der Waals surface area contributed by atoms with Gasteiger partial charge in [0.2, 0.25) is 5.91 Å². The Hall–Kier alpha value is -1.56. The number of para-hydroxylation sites is 1. The van der Waals surface area contributed by atoms with Gasteiger partial charge in [0.1, 0.15) is 0 Å². The van der Waals surface area contributed by atoms with Crippen molar-refractivity contribution in [3.8, 4) is 0 Å². The largest absolute Gasteiger partial charge is 0.418 e. The van der Waals surface area contributed by atoms with Crippen LogP contribution in [0, 0.1) is 0 Å². The highest BCUT2D eigenvalue weighted by atomic mass is 19.4. The van der Waals surface area contributed by atoms with E-state index >= 15 is 0 Å². The molecule has 1 aliphatic rings. The number of hydrogen-bond acceptors (Lipinski definition) is 2. The molecule has 0 aliphatic carbocycles. The van der Waals surface area contributed by atoms with Crippen LogP contribution in [0.5, 0.6) is 0 Å². The maximum absolute atomic E-state index is 12.8. The van der Waals surface area contributed by atoms with Crippen molar-refractivity contribution in [3.63, 3.8) is 0 Å². The third kappa shape index (κ3) is 2.12. The second-order valence-electron chi connectivity index (χ2n) is 3.90. The fourth-order valence-corrected chi connectivity index (χ4v) is 1.89. The van der Waals surface area contributed by atoms with E-state index in [2.05, 4.69) is 0 Å². The summed E-state index contributed by atoms with van der Waals surface area (Å²) < 4.78 is 38.3. The summed E-state index contributed by atoms with van der Waals surface area (Å²) in [4.78, 5) is 12.7. The minimum Gasteiger partial charge on any atom is -0.320 e. The first-order chi connectivity index (χ1) is 7.91. The number of amides is 1. The third-order valence-corrected chi connectivity index (χ3v) is 2.75. The number of carbonyl (C=O) groups is 1. The second kappa shape index (κ2) is 4.03. The van der Waals surface area contributed by atoms with Gasteiger partial charge in [-0.2, -0.15) is 13.2 Å². The lowest BCUT2D eigenvalue weighted by atomic mass is 10.1. The summed E-state index contributed by atoms with van der Waals surface area (Å²) >= 11 is 0. The van der Waals surface area contributed by atoms with Crippen molar-refractivity contribution in [2.24, 2.45) is 5.73 Å². The number of carbonyl (C=O) groups excluding carboxylic acids is 1. The molecule has 0 saturated carbocycles.